The SMILES string of the molecule is CS(=O)(=O)Cc1ccc(C(=O)Nc2ccccc2-n2ccnc2)cc1. The van der Waals surface area contributed by atoms with Crippen LogP contribution < -0.4 is 5.32 Å². The summed E-state index contributed by atoms with van der Waals surface area (Å²) in [4.78, 5) is 16.5. The van der Waals surface area contributed by atoms with E-state index in [-0.39, 0.29) is 11.7 Å². The fourth-order valence-electron chi connectivity index (χ4n) is 2.46. The third-order valence-electron chi connectivity index (χ3n) is 3.58. The van der Waals surface area contributed by atoms with Gasteiger partial charge in [0.05, 0.1) is 23.5 Å². The molecule has 25 heavy (non-hydrogen) atoms. The van der Waals surface area contributed by atoms with E-state index in [1.54, 1.807) is 43.0 Å². The Kier molecular flexibility index (Phi) is 4.67. The lowest BCUT2D eigenvalue weighted by atomic mass is 10.1. The van der Waals surface area contributed by atoms with Crippen LogP contribution in [0.1, 0.15) is 15.9 Å². The zero-order valence-corrected chi connectivity index (χ0v) is 14.4. The monoisotopic (exact) mass is 355 g/mol. The van der Waals surface area contributed by atoms with Crippen LogP contribution in [0, 0.1) is 0 Å². The second-order valence-corrected chi connectivity index (χ2v) is 7.85. The van der Waals surface area contributed by atoms with Gasteiger partial charge in [-0.2, -0.15) is 0 Å². The van der Waals surface area contributed by atoms with Crippen LogP contribution in [0.3, 0.4) is 0 Å². The molecule has 1 heterocycles. The van der Waals surface area contributed by atoms with Crippen LogP contribution in [0.2, 0.25) is 0 Å². The molecular formula is C18H17N3O3S. The summed E-state index contributed by atoms with van der Waals surface area (Å²) < 4.78 is 24.5. The largest absolute Gasteiger partial charge is 0.320 e. The van der Waals surface area contributed by atoms with Crippen LogP contribution in [0.25, 0.3) is 5.69 Å². The Morgan fingerprint density at radius 3 is 2.48 bits per heavy atom. The highest BCUT2D eigenvalue weighted by molar-refractivity contribution is 7.89. The highest BCUT2D eigenvalue weighted by Gasteiger charge is 2.11. The molecule has 0 radical (unpaired) electrons. The zero-order valence-electron chi connectivity index (χ0n) is 13.6. The number of para-hydroxylation sites is 2. The molecule has 3 aromatic rings. The molecule has 0 aliphatic carbocycles. The minimum atomic E-state index is -3.10. The number of amides is 1. The van der Waals surface area contributed by atoms with Gasteiger partial charge >= 0.3 is 0 Å². The van der Waals surface area contributed by atoms with Crippen LogP contribution in [-0.4, -0.2) is 30.1 Å². The molecule has 2 aromatic carbocycles. The number of hydrogen-bond donors (Lipinski definition) is 1. The smallest absolute Gasteiger partial charge is 0.255 e. The van der Waals surface area contributed by atoms with E-state index in [0.29, 0.717) is 16.8 Å². The number of nitrogens with zero attached hydrogens (tertiary/aromatic N) is 2. The van der Waals surface area contributed by atoms with Crippen molar-refractivity contribution in [3.63, 3.8) is 0 Å². The number of rotatable bonds is 5. The molecule has 0 bridgehead atoms. The van der Waals surface area contributed by atoms with E-state index < -0.39 is 9.84 Å². The number of sulfone groups is 1. The molecule has 0 aliphatic heterocycles. The van der Waals surface area contributed by atoms with Gasteiger partial charge in [0.1, 0.15) is 0 Å². The number of carbonyl (C=O) groups excluding carboxylic acids is 1. The topological polar surface area (TPSA) is 81.1 Å². The Labute approximate surface area is 146 Å². The van der Waals surface area contributed by atoms with Gasteiger partial charge in [0.25, 0.3) is 5.91 Å². The van der Waals surface area contributed by atoms with Crippen molar-refractivity contribution in [2.24, 2.45) is 0 Å². The van der Waals surface area contributed by atoms with Crippen LogP contribution in [-0.2, 0) is 15.6 Å². The molecule has 0 fully saturated rings. The maximum atomic E-state index is 12.5. The summed E-state index contributed by atoms with van der Waals surface area (Å²) in [5, 5.41) is 2.88. The first-order chi connectivity index (χ1) is 11.9. The maximum Gasteiger partial charge on any atom is 0.255 e. The lowest BCUT2D eigenvalue weighted by Gasteiger charge is -2.11. The average Bonchev–Trinajstić information content (AvgIpc) is 3.09. The molecular weight excluding hydrogens is 338 g/mol. The predicted octanol–water partition coefficient (Wildman–Crippen LogP) is 2.67. The normalized spacial score (nSPS) is 11.2. The summed E-state index contributed by atoms with van der Waals surface area (Å²) in [5.74, 6) is -0.309. The molecule has 1 N–H and O–H groups in total. The average molecular weight is 355 g/mol. The Balaban J connectivity index is 1.79. The third kappa shape index (κ3) is 4.33. The quantitative estimate of drug-likeness (QED) is 0.763. The van der Waals surface area contributed by atoms with E-state index in [1.807, 2.05) is 28.8 Å². The van der Waals surface area contributed by atoms with Crippen molar-refractivity contribution in [1.82, 2.24) is 9.55 Å². The fourth-order valence-corrected chi connectivity index (χ4v) is 3.25. The molecule has 7 heteroatoms. The number of aromatic nitrogens is 2. The molecule has 1 amide bonds. The van der Waals surface area contributed by atoms with Crippen molar-refractivity contribution in [3.8, 4) is 5.69 Å². The Hall–Kier alpha value is -2.93. The van der Waals surface area contributed by atoms with Crippen molar-refractivity contribution in [1.29, 1.82) is 0 Å². The first-order valence-electron chi connectivity index (χ1n) is 7.58. The lowest BCUT2D eigenvalue weighted by molar-refractivity contribution is 0.102. The Morgan fingerprint density at radius 2 is 1.84 bits per heavy atom. The second-order valence-electron chi connectivity index (χ2n) is 5.71. The van der Waals surface area contributed by atoms with Gasteiger partial charge in [-0.3, -0.25) is 4.79 Å². The van der Waals surface area contributed by atoms with E-state index in [0.717, 1.165) is 5.69 Å². The molecule has 128 valence electrons. The summed E-state index contributed by atoms with van der Waals surface area (Å²) in [7, 11) is -3.10. The van der Waals surface area contributed by atoms with Gasteiger partial charge in [-0.25, -0.2) is 13.4 Å². The summed E-state index contributed by atoms with van der Waals surface area (Å²) in [5.41, 5.74) is 2.57. The zero-order chi connectivity index (χ0) is 17.9. The highest BCUT2D eigenvalue weighted by Crippen LogP contribution is 2.20. The van der Waals surface area contributed by atoms with Crippen LogP contribution >= 0.6 is 0 Å². The summed E-state index contributed by atoms with van der Waals surface area (Å²) >= 11 is 0. The van der Waals surface area contributed by atoms with Gasteiger partial charge in [0.2, 0.25) is 0 Å². The summed E-state index contributed by atoms with van der Waals surface area (Å²) in [6.07, 6.45) is 6.30. The van der Waals surface area contributed by atoms with Gasteiger partial charge in [-0.15, -0.1) is 0 Å². The van der Waals surface area contributed by atoms with Gasteiger partial charge < -0.3 is 9.88 Å². The predicted molar refractivity (Wildman–Crippen MR) is 96.5 cm³/mol. The van der Waals surface area contributed by atoms with Gasteiger partial charge in [-0.1, -0.05) is 24.3 Å². The fraction of sp³-hybridized carbons (Fsp3) is 0.111. The van der Waals surface area contributed by atoms with Crippen molar-refractivity contribution >= 4 is 21.4 Å². The molecule has 0 atom stereocenters. The van der Waals surface area contributed by atoms with E-state index >= 15 is 0 Å². The number of anilines is 1. The number of hydrogen-bond acceptors (Lipinski definition) is 4. The maximum absolute atomic E-state index is 12.5. The molecule has 3 rings (SSSR count). The second kappa shape index (κ2) is 6.90. The standard InChI is InChI=1S/C18H17N3O3S/c1-25(23,24)12-14-6-8-15(9-7-14)18(22)20-16-4-2-3-5-17(16)21-11-10-19-13-21/h2-11,13H,12H2,1H3,(H,20,22). The van der Waals surface area contributed by atoms with Crippen molar-refractivity contribution in [2.75, 3.05) is 11.6 Å². The lowest BCUT2D eigenvalue weighted by Crippen LogP contribution is -2.13. The van der Waals surface area contributed by atoms with Gasteiger partial charge in [0.15, 0.2) is 9.84 Å². The number of nitrogens with one attached hydrogen (secondary N) is 1. The molecule has 0 saturated heterocycles. The first kappa shape index (κ1) is 16.9. The molecule has 0 saturated carbocycles. The van der Waals surface area contributed by atoms with Crippen LogP contribution in [0.4, 0.5) is 5.69 Å². The third-order valence-corrected chi connectivity index (χ3v) is 4.44. The van der Waals surface area contributed by atoms with Gasteiger partial charge in [-0.05, 0) is 29.8 Å². The van der Waals surface area contributed by atoms with E-state index in [4.69, 9.17) is 0 Å². The highest BCUT2D eigenvalue weighted by atomic mass is 32.2. The van der Waals surface area contributed by atoms with Crippen molar-refractivity contribution < 1.29 is 13.2 Å². The minimum Gasteiger partial charge on any atom is -0.320 e. The Bertz CT molecular complexity index is 979. The number of imidazole rings is 1. The van der Waals surface area contributed by atoms with Crippen molar-refractivity contribution in [2.45, 2.75) is 5.75 Å². The molecule has 0 aliphatic rings. The summed E-state index contributed by atoms with van der Waals surface area (Å²) in [6, 6.07) is 14.0. The molecule has 1 aromatic heterocycles. The van der Waals surface area contributed by atoms with E-state index in [9.17, 15) is 13.2 Å². The number of carbonyl (C=O) groups is 1. The molecule has 0 spiro atoms. The van der Waals surface area contributed by atoms with Crippen molar-refractivity contribution in [3.05, 3.63) is 78.4 Å². The van der Waals surface area contributed by atoms with Crippen LogP contribution in [0.15, 0.2) is 67.3 Å². The Morgan fingerprint density at radius 1 is 1.12 bits per heavy atom. The summed E-state index contributed by atoms with van der Waals surface area (Å²) in [6.45, 7) is 0. The molecule has 6 nitrogen and oxygen atoms in total. The van der Waals surface area contributed by atoms with E-state index in [1.165, 1.54) is 6.26 Å². The van der Waals surface area contributed by atoms with E-state index in [2.05, 4.69) is 10.3 Å². The van der Waals surface area contributed by atoms with Gasteiger partial charge in [0, 0.05) is 24.2 Å². The first-order valence-corrected chi connectivity index (χ1v) is 9.64. The van der Waals surface area contributed by atoms with Crippen LogP contribution in [0.5, 0.6) is 0 Å². The minimum absolute atomic E-state index is 0.0433. The number of benzene rings is 2. The molecule has 0 unspecified atom stereocenters.